The number of nitrogens with zero attached hydrogens (tertiary/aromatic N) is 1. The highest BCUT2D eigenvalue weighted by Crippen LogP contribution is 2.27. The zero-order chi connectivity index (χ0) is 23.2. The van der Waals surface area contributed by atoms with Crippen LogP contribution in [0.1, 0.15) is 33.2 Å². The highest BCUT2D eigenvalue weighted by molar-refractivity contribution is 6.04. The van der Waals surface area contributed by atoms with Crippen LogP contribution in [0, 0.1) is 6.92 Å². The fourth-order valence-corrected chi connectivity index (χ4v) is 3.44. The number of hydrogen-bond donors (Lipinski definition) is 2. The summed E-state index contributed by atoms with van der Waals surface area (Å²) in [5.41, 5.74) is 4.73. The number of carbonyl (C=O) groups is 2. The lowest BCUT2D eigenvalue weighted by Crippen LogP contribution is -2.25. The van der Waals surface area contributed by atoms with Gasteiger partial charge in [-0.1, -0.05) is 78.4 Å². The van der Waals surface area contributed by atoms with E-state index < -0.39 is 18.0 Å². The first-order valence-electron chi connectivity index (χ1n) is 10.4. The van der Waals surface area contributed by atoms with Gasteiger partial charge in [0.1, 0.15) is 5.75 Å². The number of fused-ring (bicyclic) bond motifs is 1. The van der Waals surface area contributed by atoms with E-state index in [-0.39, 0.29) is 0 Å². The van der Waals surface area contributed by atoms with E-state index in [2.05, 4.69) is 10.5 Å². The van der Waals surface area contributed by atoms with Crippen LogP contribution < -0.4 is 10.2 Å². The van der Waals surface area contributed by atoms with Crippen molar-refractivity contribution < 1.29 is 19.4 Å². The number of amides is 1. The van der Waals surface area contributed by atoms with Gasteiger partial charge in [0.2, 0.25) is 0 Å². The molecular formula is C27H22N2O4. The van der Waals surface area contributed by atoms with Gasteiger partial charge in [-0.3, -0.25) is 4.79 Å². The summed E-state index contributed by atoms with van der Waals surface area (Å²) in [5, 5.41) is 16.0. The molecule has 0 heterocycles. The van der Waals surface area contributed by atoms with Crippen LogP contribution >= 0.6 is 0 Å². The molecule has 0 spiro atoms. The second-order valence-electron chi connectivity index (χ2n) is 7.50. The maximum absolute atomic E-state index is 12.7. The molecule has 33 heavy (non-hydrogen) atoms. The Morgan fingerprint density at radius 3 is 2.48 bits per heavy atom. The Hall–Kier alpha value is -4.29. The maximum atomic E-state index is 12.7. The zero-order valence-corrected chi connectivity index (χ0v) is 17.9. The molecule has 0 unspecified atom stereocenters. The fourth-order valence-electron chi connectivity index (χ4n) is 3.44. The number of hydrogen-bond acceptors (Lipinski definition) is 5. The molecule has 164 valence electrons. The number of benzene rings is 4. The lowest BCUT2D eigenvalue weighted by atomic mass is 10.0. The van der Waals surface area contributed by atoms with E-state index in [1.165, 1.54) is 6.21 Å². The van der Waals surface area contributed by atoms with Crippen LogP contribution in [-0.2, 0) is 4.79 Å². The Bertz CT molecular complexity index is 1330. The first-order valence-corrected chi connectivity index (χ1v) is 10.4. The van der Waals surface area contributed by atoms with Crippen molar-refractivity contribution in [1.82, 2.24) is 5.43 Å². The average Bonchev–Trinajstić information content (AvgIpc) is 2.85. The van der Waals surface area contributed by atoms with Gasteiger partial charge in [-0.15, -0.1) is 0 Å². The number of aliphatic hydroxyl groups excluding tert-OH is 1. The lowest BCUT2D eigenvalue weighted by molar-refractivity contribution is -0.129. The minimum atomic E-state index is -1.35. The molecule has 0 bridgehead atoms. The third-order valence-electron chi connectivity index (χ3n) is 5.12. The Morgan fingerprint density at radius 2 is 1.70 bits per heavy atom. The molecule has 0 aliphatic carbocycles. The minimum Gasteiger partial charge on any atom is -0.422 e. The maximum Gasteiger partial charge on any atom is 0.343 e. The second-order valence-corrected chi connectivity index (χ2v) is 7.50. The van der Waals surface area contributed by atoms with Crippen molar-refractivity contribution in [3.05, 3.63) is 113 Å². The summed E-state index contributed by atoms with van der Waals surface area (Å²) in [6.07, 6.45) is 0.0612. The van der Waals surface area contributed by atoms with Crippen molar-refractivity contribution in [3.8, 4) is 5.75 Å². The van der Waals surface area contributed by atoms with E-state index in [1.807, 2.05) is 43.3 Å². The van der Waals surface area contributed by atoms with Gasteiger partial charge in [0.25, 0.3) is 5.91 Å². The number of esters is 1. The molecule has 1 atom stereocenters. The van der Waals surface area contributed by atoms with E-state index in [0.717, 1.165) is 16.3 Å². The van der Waals surface area contributed by atoms with Crippen LogP contribution in [0.3, 0.4) is 0 Å². The molecule has 0 saturated carbocycles. The molecule has 2 N–H and O–H groups in total. The molecule has 0 aliphatic rings. The van der Waals surface area contributed by atoms with Gasteiger partial charge in [0.15, 0.2) is 6.10 Å². The highest BCUT2D eigenvalue weighted by atomic mass is 16.5. The quantitative estimate of drug-likeness (QED) is 0.200. The number of carbonyl (C=O) groups excluding carboxylic acids is 2. The molecule has 4 aromatic carbocycles. The zero-order valence-electron chi connectivity index (χ0n) is 17.9. The van der Waals surface area contributed by atoms with Crippen molar-refractivity contribution in [2.24, 2.45) is 5.10 Å². The predicted molar refractivity (Wildman–Crippen MR) is 127 cm³/mol. The van der Waals surface area contributed by atoms with Gasteiger partial charge < -0.3 is 9.84 Å². The van der Waals surface area contributed by atoms with Gasteiger partial charge in [0, 0.05) is 5.56 Å². The number of rotatable bonds is 6. The number of aryl methyl sites for hydroxylation is 1. The molecule has 0 fully saturated rings. The molecule has 6 nitrogen and oxygen atoms in total. The largest absolute Gasteiger partial charge is 0.422 e. The molecule has 0 aliphatic heterocycles. The van der Waals surface area contributed by atoms with Crippen molar-refractivity contribution in [3.63, 3.8) is 0 Å². The monoisotopic (exact) mass is 438 g/mol. The smallest absolute Gasteiger partial charge is 0.343 e. The third-order valence-corrected chi connectivity index (χ3v) is 5.12. The Labute approximate surface area is 191 Å². The Kier molecular flexibility index (Phi) is 6.57. The number of nitrogens with one attached hydrogen (secondary N) is 1. The van der Waals surface area contributed by atoms with Crippen LogP contribution in [0.4, 0.5) is 0 Å². The van der Waals surface area contributed by atoms with Gasteiger partial charge in [-0.25, -0.2) is 10.2 Å². The summed E-state index contributed by atoms with van der Waals surface area (Å²) in [6, 6.07) is 26.8. The summed E-state index contributed by atoms with van der Waals surface area (Å²) >= 11 is 0. The number of ether oxygens (including phenoxy) is 1. The normalized spacial score (nSPS) is 11.9. The van der Waals surface area contributed by atoms with Crippen LogP contribution in [0.15, 0.2) is 96.1 Å². The average molecular weight is 438 g/mol. The summed E-state index contributed by atoms with van der Waals surface area (Å²) < 4.78 is 5.68. The van der Waals surface area contributed by atoms with Crippen molar-refractivity contribution in [1.29, 1.82) is 0 Å². The molecule has 0 radical (unpaired) electrons. The van der Waals surface area contributed by atoms with Gasteiger partial charge in [-0.2, -0.15) is 5.10 Å². The molecule has 4 aromatic rings. The molecule has 0 aromatic heterocycles. The molecule has 1 amide bonds. The molecule has 0 saturated heterocycles. The lowest BCUT2D eigenvalue weighted by Gasteiger charge is -2.11. The van der Waals surface area contributed by atoms with E-state index in [4.69, 9.17) is 4.74 Å². The van der Waals surface area contributed by atoms with Gasteiger partial charge in [0.05, 0.1) is 11.8 Å². The number of aliphatic hydroxyl groups is 1. The summed E-state index contributed by atoms with van der Waals surface area (Å²) in [7, 11) is 0. The topological polar surface area (TPSA) is 88.0 Å². The van der Waals surface area contributed by atoms with Crippen LogP contribution in [-0.4, -0.2) is 23.2 Å². The van der Waals surface area contributed by atoms with E-state index in [0.29, 0.717) is 22.4 Å². The van der Waals surface area contributed by atoms with Crippen LogP contribution in [0.2, 0.25) is 0 Å². The standard InChI is InChI=1S/C27H22N2O4/c1-18-8-7-12-21(16-18)27(32)33-24-15-14-19-9-5-6-13-22(19)23(24)17-28-29-26(31)25(30)20-10-3-2-4-11-20/h2-17,25,30H,1H3,(H,29,31)/b28-17-/t25-/m0/s1. The Balaban J connectivity index is 1.60. The summed E-state index contributed by atoms with van der Waals surface area (Å²) in [5.74, 6) is -0.857. The van der Waals surface area contributed by atoms with Crippen molar-refractivity contribution >= 4 is 28.9 Å². The van der Waals surface area contributed by atoms with E-state index >= 15 is 0 Å². The Morgan fingerprint density at radius 1 is 0.939 bits per heavy atom. The molecular weight excluding hydrogens is 416 g/mol. The van der Waals surface area contributed by atoms with E-state index in [9.17, 15) is 14.7 Å². The second kappa shape index (κ2) is 9.89. The third kappa shape index (κ3) is 5.14. The van der Waals surface area contributed by atoms with Gasteiger partial charge in [-0.05, 0) is 41.5 Å². The minimum absolute atomic E-state index is 0.307. The number of hydrazone groups is 1. The summed E-state index contributed by atoms with van der Waals surface area (Å²) in [4.78, 5) is 25.0. The highest BCUT2D eigenvalue weighted by Gasteiger charge is 2.17. The predicted octanol–water partition coefficient (Wildman–Crippen LogP) is 4.55. The van der Waals surface area contributed by atoms with Crippen LogP contribution in [0.5, 0.6) is 5.75 Å². The molecule has 4 rings (SSSR count). The van der Waals surface area contributed by atoms with Crippen LogP contribution in [0.25, 0.3) is 10.8 Å². The first-order chi connectivity index (χ1) is 16.0. The van der Waals surface area contributed by atoms with Crippen molar-refractivity contribution in [2.45, 2.75) is 13.0 Å². The SMILES string of the molecule is Cc1cccc(C(=O)Oc2ccc3ccccc3c2/C=N\NC(=O)[C@@H](O)c2ccccc2)c1. The first kappa shape index (κ1) is 21.9. The summed E-state index contributed by atoms with van der Waals surface area (Å²) in [6.45, 7) is 1.90. The van der Waals surface area contributed by atoms with Gasteiger partial charge >= 0.3 is 5.97 Å². The van der Waals surface area contributed by atoms with Crippen molar-refractivity contribution in [2.75, 3.05) is 0 Å². The molecule has 6 heteroatoms. The fraction of sp³-hybridized carbons (Fsp3) is 0.0741. The van der Waals surface area contributed by atoms with E-state index in [1.54, 1.807) is 54.6 Å².